The van der Waals surface area contributed by atoms with E-state index in [-0.39, 0.29) is 11.5 Å². The summed E-state index contributed by atoms with van der Waals surface area (Å²) >= 11 is 0. The van der Waals surface area contributed by atoms with Crippen LogP contribution in [0.25, 0.3) is 55.7 Å². The van der Waals surface area contributed by atoms with Crippen molar-refractivity contribution in [2.45, 2.75) is 31.6 Å². The molecule has 5 heterocycles. The summed E-state index contributed by atoms with van der Waals surface area (Å²) in [7, 11) is -3.65. The molecular formula is C31H29FN8O3S. The van der Waals surface area contributed by atoms with Crippen LogP contribution in [0, 0.1) is 5.82 Å². The van der Waals surface area contributed by atoms with E-state index < -0.39 is 21.0 Å². The zero-order chi connectivity index (χ0) is 31.0. The van der Waals surface area contributed by atoms with Gasteiger partial charge >= 0.3 is 0 Å². The summed E-state index contributed by atoms with van der Waals surface area (Å²) in [4.78, 5) is 28.9. The number of hydrogen-bond donors (Lipinski definition) is 4. The van der Waals surface area contributed by atoms with Crippen LogP contribution in [0.2, 0.25) is 0 Å². The normalized spacial score (nSPS) is 12.5. The quantitative estimate of drug-likeness (QED) is 0.166. The molecule has 0 spiro atoms. The van der Waals surface area contributed by atoms with Crippen LogP contribution < -0.4 is 11.1 Å². The number of unbranched alkanes of at least 4 members (excludes halogenated alkanes) is 1. The zero-order valence-electron chi connectivity index (χ0n) is 23.9. The lowest BCUT2D eigenvalue weighted by atomic mass is 10.0. The molecule has 1 aromatic carbocycles. The van der Waals surface area contributed by atoms with Crippen LogP contribution in [-0.2, 0) is 14.6 Å². The molecule has 5 N–H and O–H groups in total. The van der Waals surface area contributed by atoms with Crippen molar-refractivity contribution < 1.29 is 17.6 Å². The highest BCUT2D eigenvalue weighted by Crippen LogP contribution is 2.35. The van der Waals surface area contributed by atoms with Gasteiger partial charge in [0, 0.05) is 52.5 Å². The van der Waals surface area contributed by atoms with Gasteiger partial charge in [-0.25, -0.2) is 12.8 Å². The fourth-order valence-corrected chi connectivity index (χ4v) is 5.69. The topological polar surface area (TPSA) is 172 Å². The second-order valence-corrected chi connectivity index (χ2v) is 12.8. The molecule has 1 unspecified atom stereocenters. The van der Waals surface area contributed by atoms with Gasteiger partial charge in [0.1, 0.15) is 16.9 Å². The highest BCUT2D eigenvalue weighted by Gasteiger charge is 2.21. The third-order valence-electron chi connectivity index (χ3n) is 7.31. The molecule has 13 heteroatoms. The molecule has 44 heavy (non-hydrogen) atoms. The van der Waals surface area contributed by atoms with Crippen molar-refractivity contribution in [3.05, 3.63) is 78.6 Å². The fourth-order valence-electron chi connectivity index (χ4n) is 5.06. The number of nitrogens with zero attached hydrogens (tertiary/aromatic N) is 4. The van der Waals surface area contributed by atoms with E-state index in [0.29, 0.717) is 51.4 Å². The smallest absolute Gasteiger partial charge is 0.224 e. The average molecular weight is 613 g/mol. The first-order valence-electron chi connectivity index (χ1n) is 13.9. The predicted molar refractivity (Wildman–Crippen MR) is 168 cm³/mol. The van der Waals surface area contributed by atoms with Gasteiger partial charge in [0.25, 0.3) is 0 Å². The number of aromatic amines is 2. The van der Waals surface area contributed by atoms with Crippen molar-refractivity contribution in [2.24, 2.45) is 5.73 Å². The summed E-state index contributed by atoms with van der Waals surface area (Å²) < 4.78 is 38.7. The lowest BCUT2D eigenvalue weighted by Gasteiger charge is -2.12. The number of amides is 1. The second-order valence-electron chi connectivity index (χ2n) is 10.6. The molecule has 0 aliphatic carbocycles. The minimum atomic E-state index is -3.65. The molecule has 0 fully saturated rings. The van der Waals surface area contributed by atoms with E-state index in [1.54, 1.807) is 36.9 Å². The molecule has 5 aromatic heterocycles. The van der Waals surface area contributed by atoms with E-state index >= 15 is 0 Å². The van der Waals surface area contributed by atoms with Crippen LogP contribution in [0.3, 0.4) is 0 Å². The SMILES string of the molecule is CCCCC(=O)Nc1cncc(-c2cc3c(-c4cc5c(-c6cc(F)cc(C(N)S(C)(=O)=O)c6)nccc5[nH]4)n[nH]c3cn2)c1. The second kappa shape index (κ2) is 11.6. The van der Waals surface area contributed by atoms with Crippen molar-refractivity contribution in [3.8, 4) is 33.9 Å². The van der Waals surface area contributed by atoms with Gasteiger partial charge in [-0.1, -0.05) is 13.3 Å². The van der Waals surface area contributed by atoms with E-state index in [4.69, 9.17) is 5.73 Å². The number of H-pyrrole nitrogens is 2. The standard InChI is InChI=1S/C31H29FN8O3S/c1-3-4-5-28(41)37-21-11-19(14-34-15-21)25-12-23-27(16-36-25)39-40-30(23)26-13-22-24(38-26)6-7-35-29(22)17-8-18(10-20(32)9-17)31(33)44(2,42)43/h6-16,31,38H,3-5,33H2,1-2H3,(H,37,41)(H,39,40). The first-order valence-corrected chi connectivity index (χ1v) is 15.9. The number of sulfone groups is 1. The maximum Gasteiger partial charge on any atom is 0.224 e. The number of pyridine rings is 3. The van der Waals surface area contributed by atoms with Crippen molar-refractivity contribution in [1.29, 1.82) is 0 Å². The molecule has 0 aliphatic rings. The van der Waals surface area contributed by atoms with Crippen LogP contribution in [0.15, 0.2) is 67.3 Å². The number of benzene rings is 1. The summed E-state index contributed by atoms with van der Waals surface area (Å²) in [6.45, 7) is 2.03. The first-order chi connectivity index (χ1) is 21.1. The van der Waals surface area contributed by atoms with E-state index in [2.05, 4.69) is 35.5 Å². The van der Waals surface area contributed by atoms with Gasteiger partial charge in [0.15, 0.2) is 9.84 Å². The van der Waals surface area contributed by atoms with Gasteiger partial charge in [-0.15, -0.1) is 0 Å². The number of nitrogens with one attached hydrogen (secondary N) is 3. The molecule has 6 aromatic rings. The molecule has 11 nitrogen and oxygen atoms in total. The molecule has 224 valence electrons. The van der Waals surface area contributed by atoms with E-state index in [1.165, 1.54) is 6.07 Å². The van der Waals surface area contributed by atoms with Gasteiger partial charge in [-0.2, -0.15) is 5.10 Å². The Morgan fingerprint density at radius 1 is 1.00 bits per heavy atom. The maximum absolute atomic E-state index is 14.6. The Labute approximate surface area is 252 Å². The summed E-state index contributed by atoms with van der Waals surface area (Å²) in [6, 6.07) is 11.3. The van der Waals surface area contributed by atoms with Crippen molar-refractivity contribution in [1.82, 2.24) is 30.1 Å². The number of carbonyl (C=O) groups excluding carboxylic acids is 1. The third-order valence-corrected chi connectivity index (χ3v) is 8.50. The number of nitrogens with two attached hydrogens (primary N) is 1. The van der Waals surface area contributed by atoms with Gasteiger partial charge in [-0.05, 0) is 54.4 Å². The van der Waals surface area contributed by atoms with Gasteiger partial charge < -0.3 is 16.0 Å². The number of anilines is 1. The van der Waals surface area contributed by atoms with Crippen LogP contribution >= 0.6 is 0 Å². The Kier molecular flexibility index (Phi) is 7.66. The van der Waals surface area contributed by atoms with Crippen LogP contribution in [0.5, 0.6) is 0 Å². The van der Waals surface area contributed by atoms with E-state index in [1.807, 2.05) is 25.1 Å². The fraction of sp³-hybridized carbons (Fsp3) is 0.194. The summed E-state index contributed by atoms with van der Waals surface area (Å²) in [5.74, 6) is -0.685. The number of hydrogen-bond acceptors (Lipinski definition) is 8. The molecule has 0 bridgehead atoms. The predicted octanol–water partition coefficient (Wildman–Crippen LogP) is 5.50. The van der Waals surface area contributed by atoms with Gasteiger partial charge in [-0.3, -0.25) is 24.8 Å². The number of halogens is 1. The average Bonchev–Trinajstić information content (AvgIpc) is 3.62. The molecule has 0 radical (unpaired) electrons. The van der Waals surface area contributed by atoms with Gasteiger partial charge in [0.2, 0.25) is 5.91 Å². The highest BCUT2D eigenvalue weighted by atomic mass is 32.2. The van der Waals surface area contributed by atoms with E-state index in [9.17, 15) is 17.6 Å². The third kappa shape index (κ3) is 5.79. The molecular weight excluding hydrogens is 583 g/mol. The van der Waals surface area contributed by atoms with Crippen LogP contribution in [0.4, 0.5) is 10.1 Å². The van der Waals surface area contributed by atoms with Crippen molar-refractivity contribution >= 4 is 43.2 Å². The molecule has 6 rings (SSSR count). The molecule has 0 saturated heterocycles. The minimum absolute atomic E-state index is 0.0632. The number of rotatable bonds is 9. The maximum atomic E-state index is 14.6. The number of aromatic nitrogens is 6. The van der Waals surface area contributed by atoms with Crippen LogP contribution in [-0.4, -0.2) is 50.7 Å². The van der Waals surface area contributed by atoms with Crippen molar-refractivity contribution in [2.75, 3.05) is 11.6 Å². The van der Waals surface area contributed by atoms with Crippen LogP contribution in [0.1, 0.15) is 37.1 Å². The Hall–Kier alpha value is -5.01. The van der Waals surface area contributed by atoms with E-state index in [0.717, 1.165) is 41.6 Å². The summed E-state index contributed by atoms with van der Waals surface area (Å²) in [5.41, 5.74) is 11.6. The monoisotopic (exact) mass is 612 g/mol. The Bertz CT molecular complexity index is 2140. The summed E-state index contributed by atoms with van der Waals surface area (Å²) in [5, 5.41) is 10.5. The van der Waals surface area contributed by atoms with Gasteiger partial charge in [0.05, 0.1) is 40.7 Å². The largest absolute Gasteiger partial charge is 0.353 e. The number of fused-ring (bicyclic) bond motifs is 2. The first kappa shape index (κ1) is 29.1. The lowest BCUT2D eigenvalue weighted by Crippen LogP contribution is -2.20. The number of carbonyl (C=O) groups is 1. The molecule has 1 atom stereocenters. The Balaban J connectivity index is 1.38. The molecule has 1 amide bonds. The van der Waals surface area contributed by atoms with Crippen molar-refractivity contribution in [3.63, 3.8) is 0 Å². The molecule has 0 saturated carbocycles. The highest BCUT2D eigenvalue weighted by molar-refractivity contribution is 7.90. The molecule has 0 aliphatic heterocycles. The Morgan fingerprint density at radius 2 is 1.82 bits per heavy atom. The Morgan fingerprint density at radius 3 is 2.61 bits per heavy atom. The summed E-state index contributed by atoms with van der Waals surface area (Å²) in [6.07, 6.45) is 9.75. The minimum Gasteiger partial charge on any atom is -0.353 e. The zero-order valence-corrected chi connectivity index (χ0v) is 24.7. The lowest BCUT2D eigenvalue weighted by molar-refractivity contribution is -0.116.